The van der Waals surface area contributed by atoms with Crippen molar-refractivity contribution in [3.63, 3.8) is 0 Å². The normalized spacial score (nSPS) is 19.1. The van der Waals surface area contributed by atoms with Crippen molar-refractivity contribution in [1.29, 1.82) is 0 Å². The molecule has 4 rings (SSSR count). The lowest BCUT2D eigenvalue weighted by Gasteiger charge is -2.15. The van der Waals surface area contributed by atoms with Crippen molar-refractivity contribution in [3.8, 4) is 0 Å². The molecule has 0 bridgehead atoms. The maximum Gasteiger partial charge on any atom is 0.271 e. The number of amides is 3. The van der Waals surface area contributed by atoms with Gasteiger partial charge in [-0.1, -0.05) is 54.3 Å². The van der Waals surface area contributed by atoms with E-state index in [0.29, 0.717) is 11.3 Å². The zero-order chi connectivity index (χ0) is 19.3. The summed E-state index contributed by atoms with van der Waals surface area (Å²) in [7, 11) is 0. The highest BCUT2D eigenvalue weighted by molar-refractivity contribution is 8.27. The fourth-order valence-corrected chi connectivity index (χ4v) is 4.46. The first-order valence-electron chi connectivity index (χ1n) is 7.91. The lowest BCUT2D eigenvalue weighted by Crippen LogP contribution is -2.32. The molecule has 5 nitrogen and oxygen atoms in total. The fourth-order valence-electron chi connectivity index (χ4n) is 3.11. The molecule has 1 fully saturated rings. The van der Waals surface area contributed by atoms with E-state index in [0.717, 1.165) is 21.6 Å². The summed E-state index contributed by atoms with van der Waals surface area (Å²) < 4.78 is 14.3. The first kappa shape index (κ1) is 17.6. The largest absolute Gasteiger partial charge is 0.274 e. The van der Waals surface area contributed by atoms with Crippen molar-refractivity contribution in [2.75, 3.05) is 9.80 Å². The van der Waals surface area contributed by atoms with E-state index in [1.54, 1.807) is 30.3 Å². The van der Waals surface area contributed by atoms with Crippen molar-refractivity contribution < 1.29 is 18.8 Å². The molecule has 134 valence electrons. The molecule has 2 aromatic carbocycles. The Morgan fingerprint density at radius 2 is 1.63 bits per heavy atom. The minimum atomic E-state index is -0.594. The molecule has 0 atom stereocenters. The van der Waals surface area contributed by atoms with Crippen molar-refractivity contribution in [1.82, 2.24) is 0 Å². The lowest BCUT2D eigenvalue weighted by atomic mass is 10.1. The van der Waals surface area contributed by atoms with E-state index in [2.05, 4.69) is 0 Å². The highest BCUT2D eigenvalue weighted by Crippen LogP contribution is 2.45. The Balaban J connectivity index is 1.89. The summed E-state index contributed by atoms with van der Waals surface area (Å²) in [5.74, 6) is -2.22. The van der Waals surface area contributed by atoms with E-state index in [4.69, 9.17) is 12.2 Å². The first-order chi connectivity index (χ1) is 12.9. The average Bonchev–Trinajstić information content (AvgIpc) is 3.08. The topological polar surface area (TPSA) is 57.7 Å². The molecule has 2 aliphatic heterocycles. The Kier molecular flexibility index (Phi) is 4.16. The SMILES string of the molecule is CC(=O)N1C(=O)C(=C2SC(=S)N(c3ccccc3F)C2=O)c2ccccc21. The van der Waals surface area contributed by atoms with Crippen molar-refractivity contribution in [2.45, 2.75) is 6.92 Å². The minimum Gasteiger partial charge on any atom is -0.274 e. The number of carbonyl (C=O) groups excluding carboxylic acids is 3. The maximum atomic E-state index is 14.2. The molecule has 8 heteroatoms. The summed E-state index contributed by atoms with van der Waals surface area (Å²) >= 11 is 6.19. The number of hydrogen-bond acceptors (Lipinski definition) is 5. The Bertz CT molecular complexity index is 1080. The number of thioether (sulfide) groups is 1. The molecule has 0 radical (unpaired) electrons. The van der Waals surface area contributed by atoms with Crippen LogP contribution in [0.4, 0.5) is 15.8 Å². The van der Waals surface area contributed by atoms with Crippen LogP contribution in [-0.4, -0.2) is 22.0 Å². The van der Waals surface area contributed by atoms with Gasteiger partial charge in [0.05, 0.1) is 21.9 Å². The zero-order valence-electron chi connectivity index (χ0n) is 13.9. The Morgan fingerprint density at radius 3 is 2.30 bits per heavy atom. The molecule has 1 saturated heterocycles. The molecule has 0 unspecified atom stereocenters. The fraction of sp³-hybridized carbons (Fsp3) is 0.0526. The third-order valence-corrected chi connectivity index (χ3v) is 5.61. The second kappa shape index (κ2) is 6.40. The summed E-state index contributed by atoms with van der Waals surface area (Å²) in [6.45, 7) is 1.28. The number of imide groups is 1. The number of carbonyl (C=O) groups is 3. The maximum absolute atomic E-state index is 14.2. The van der Waals surface area contributed by atoms with E-state index in [1.165, 1.54) is 25.1 Å². The van der Waals surface area contributed by atoms with Gasteiger partial charge < -0.3 is 0 Å². The van der Waals surface area contributed by atoms with Gasteiger partial charge in [0, 0.05) is 12.5 Å². The third-order valence-electron chi connectivity index (χ3n) is 4.24. The van der Waals surface area contributed by atoms with Gasteiger partial charge in [-0.05, 0) is 18.2 Å². The molecule has 27 heavy (non-hydrogen) atoms. The number of benzene rings is 2. The molecular weight excluding hydrogens is 387 g/mol. The quantitative estimate of drug-likeness (QED) is 0.544. The molecule has 0 N–H and O–H groups in total. The van der Waals surface area contributed by atoms with Crippen LogP contribution in [0.15, 0.2) is 53.4 Å². The molecule has 2 aliphatic rings. The minimum absolute atomic E-state index is 0.0257. The number of fused-ring (bicyclic) bond motifs is 1. The summed E-state index contributed by atoms with van der Waals surface area (Å²) in [6.07, 6.45) is 0. The summed E-state index contributed by atoms with van der Waals surface area (Å²) in [4.78, 5) is 40.1. The van der Waals surface area contributed by atoms with Crippen LogP contribution < -0.4 is 9.80 Å². The van der Waals surface area contributed by atoms with Crippen LogP contribution in [0.3, 0.4) is 0 Å². The van der Waals surface area contributed by atoms with E-state index >= 15 is 0 Å². The Labute approximate surface area is 163 Å². The van der Waals surface area contributed by atoms with Crippen LogP contribution in [0.2, 0.25) is 0 Å². The molecule has 3 amide bonds. The molecule has 2 heterocycles. The number of rotatable bonds is 1. The summed E-state index contributed by atoms with van der Waals surface area (Å²) in [5, 5.41) is 0. The highest BCUT2D eigenvalue weighted by atomic mass is 32.2. The standard InChI is InChI=1S/C19H11FN2O3S2/c1-10(23)21-13-8-4-2-6-11(13)15(17(21)24)16-18(25)22(19(26)27-16)14-9-5-3-7-12(14)20/h2-9H,1H3. The van der Waals surface area contributed by atoms with Crippen LogP contribution >= 0.6 is 24.0 Å². The number of anilines is 2. The van der Waals surface area contributed by atoms with E-state index in [-0.39, 0.29) is 20.5 Å². The molecule has 0 saturated carbocycles. The van der Waals surface area contributed by atoms with Gasteiger partial charge in [-0.3, -0.25) is 19.3 Å². The van der Waals surface area contributed by atoms with E-state index in [9.17, 15) is 18.8 Å². The number of halogens is 1. The molecule has 0 spiro atoms. The van der Waals surface area contributed by atoms with Crippen molar-refractivity contribution >= 4 is 63.0 Å². The average molecular weight is 398 g/mol. The van der Waals surface area contributed by atoms with Gasteiger partial charge in [0.25, 0.3) is 11.8 Å². The van der Waals surface area contributed by atoms with Gasteiger partial charge in [-0.25, -0.2) is 9.29 Å². The highest BCUT2D eigenvalue weighted by Gasteiger charge is 2.44. The number of para-hydroxylation sites is 2. The van der Waals surface area contributed by atoms with Gasteiger partial charge >= 0.3 is 0 Å². The van der Waals surface area contributed by atoms with Gasteiger partial charge in [0.1, 0.15) is 5.82 Å². The van der Waals surface area contributed by atoms with Gasteiger partial charge in [0.2, 0.25) is 5.91 Å². The van der Waals surface area contributed by atoms with Crippen molar-refractivity contribution in [3.05, 3.63) is 64.8 Å². The van der Waals surface area contributed by atoms with E-state index in [1.807, 2.05) is 0 Å². The smallest absolute Gasteiger partial charge is 0.271 e. The van der Waals surface area contributed by atoms with Gasteiger partial charge in [-0.15, -0.1) is 0 Å². The van der Waals surface area contributed by atoms with Crippen molar-refractivity contribution in [2.24, 2.45) is 0 Å². The van der Waals surface area contributed by atoms with Crippen LogP contribution in [0, 0.1) is 5.82 Å². The van der Waals surface area contributed by atoms with Crippen LogP contribution in [0.1, 0.15) is 12.5 Å². The number of hydrogen-bond donors (Lipinski definition) is 0. The second-order valence-electron chi connectivity index (χ2n) is 5.84. The zero-order valence-corrected chi connectivity index (χ0v) is 15.6. The molecular formula is C19H11FN2O3S2. The van der Waals surface area contributed by atoms with Gasteiger partial charge in [-0.2, -0.15) is 0 Å². The summed E-state index contributed by atoms with van der Waals surface area (Å²) in [6, 6.07) is 12.5. The Morgan fingerprint density at radius 1 is 1.00 bits per heavy atom. The first-order valence-corrected chi connectivity index (χ1v) is 9.13. The van der Waals surface area contributed by atoms with Crippen LogP contribution in [0.25, 0.3) is 5.57 Å². The molecule has 2 aromatic rings. The number of thiocarbonyl (C=S) groups is 1. The summed E-state index contributed by atoms with van der Waals surface area (Å²) in [5.41, 5.74) is 1.03. The van der Waals surface area contributed by atoms with Crippen LogP contribution in [-0.2, 0) is 14.4 Å². The number of nitrogens with zero attached hydrogens (tertiary/aromatic N) is 2. The van der Waals surface area contributed by atoms with Crippen LogP contribution in [0.5, 0.6) is 0 Å². The molecule has 0 aromatic heterocycles. The lowest BCUT2D eigenvalue weighted by molar-refractivity contribution is -0.122. The van der Waals surface area contributed by atoms with Gasteiger partial charge in [0.15, 0.2) is 4.32 Å². The second-order valence-corrected chi connectivity index (χ2v) is 7.48. The third kappa shape index (κ3) is 2.60. The predicted octanol–water partition coefficient (Wildman–Crippen LogP) is 3.49. The predicted molar refractivity (Wildman–Crippen MR) is 106 cm³/mol. The molecule has 0 aliphatic carbocycles. The Hall–Kier alpha value is -2.84. The monoisotopic (exact) mass is 398 g/mol. The van der Waals surface area contributed by atoms with E-state index < -0.39 is 23.5 Å².